The van der Waals surface area contributed by atoms with Crippen LogP contribution in [0.4, 0.5) is 5.13 Å². The van der Waals surface area contributed by atoms with E-state index in [1.807, 2.05) is 68.3 Å². The number of anilines is 1. The number of benzene rings is 1. The summed E-state index contributed by atoms with van der Waals surface area (Å²) in [7, 11) is 0. The molecule has 4 heterocycles. The molecule has 1 N–H and O–H groups in total. The first-order valence-corrected chi connectivity index (χ1v) is 16.5. The van der Waals surface area contributed by atoms with Gasteiger partial charge >= 0.3 is 0 Å². The maximum Gasteiger partial charge on any atom is 0.219 e. The molecule has 7 nitrogen and oxygen atoms in total. The number of para-hydroxylation sites is 1. The van der Waals surface area contributed by atoms with Crippen molar-refractivity contribution in [3.05, 3.63) is 87.7 Å². The van der Waals surface area contributed by atoms with Crippen LogP contribution in [0.5, 0.6) is 5.75 Å². The van der Waals surface area contributed by atoms with Crippen LogP contribution < -0.4 is 10.1 Å². The summed E-state index contributed by atoms with van der Waals surface area (Å²) in [5.41, 5.74) is 2.05. The quantitative estimate of drug-likeness (QED) is 0.115. The lowest BCUT2D eigenvalue weighted by atomic mass is 9.94. The summed E-state index contributed by atoms with van der Waals surface area (Å²) in [4.78, 5) is 30.8. The van der Waals surface area contributed by atoms with Gasteiger partial charge in [0.05, 0.1) is 15.9 Å². The average molecular weight is 620 g/mol. The third-order valence-electron chi connectivity index (χ3n) is 6.53. The fraction of sp³-hybridized carbons (Fsp3) is 0.312. The first-order valence-electron chi connectivity index (χ1n) is 14.0. The topological polar surface area (TPSA) is 79.7 Å². The van der Waals surface area contributed by atoms with Gasteiger partial charge in [0.2, 0.25) is 5.91 Å². The highest BCUT2D eigenvalue weighted by Gasteiger charge is 2.24. The molecular weight excluding hydrogens is 583 g/mol. The number of piperidine rings is 1. The minimum atomic E-state index is 0.138. The van der Waals surface area contributed by atoms with E-state index in [2.05, 4.69) is 35.2 Å². The zero-order valence-electron chi connectivity index (χ0n) is 24.7. The highest BCUT2D eigenvalue weighted by molar-refractivity contribution is 8.04. The smallest absolute Gasteiger partial charge is 0.219 e. The van der Waals surface area contributed by atoms with Gasteiger partial charge in [-0.2, -0.15) is 0 Å². The minimum Gasteiger partial charge on any atom is -0.458 e. The zero-order chi connectivity index (χ0) is 30.1. The molecule has 1 saturated heterocycles. The Morgan fingerprint density at radius 2 is 1.93 bits per heavy atom. The molecule has 3 aromatic heterocycles. The van der Waals surface area contributed by atoms with Crippen molar-refractivity contribution in [2.75, 3.05) is 18.4 Å². The molecule has 5 rings (SSSR count). The van der Waals surface area contributed by atoms with Crippen LogP contribution in [0.2, 0.25) is 0 Å². The van der Waals surface area contributed by atoms with E-state index in [1.54, 1.807) is 47.6 Å². The third-order valence-corrected chi connectivity index (χ3v) is 9.44. The van der Waals surface area contributed by atoms with Crippen molar-refractivity contribution in [3.8, 4) is 5.75 Å². The number of aryl methyl sites for hydroxylation is 1. The summed E-state index contributed by atoms with van der Waals surface area (Å²) in [5, 5.41) is 6.22. The lowest BCUT2D eigenvalue weighted by Gasteiger charge is -2.30. The van der Waals surface area contributed by atoms with E-state index in [9.17, 15) is 4.79 Å². The predicted octanol–water partition coefficient (Wildman–Crippen LogP) is 8.87. The standard InChI is InChI=1S/C30H31N5O2S3.C2H6/c1-19-16-25-28(40-19)27(10-13-31-25)39-20(2)17-32-29(21(3)37-24-8-6-5-7-9-24)34-30-33-26(18-38-30)23-11-14-35(15-12-23)22(4)36;1-2/h5-10,13,16-18,23H,2,11-12,14-15H2,1,3-4H3,(H,33,34);1-2H3/b29-21-,32-17-;. The molecule has 0 spiro atoms. The lowest BCUT2D eigenvalue weighted by molar-refractivity contribution is -0.129. The molecule has 0 unspecified atom stereocenters. The molecule has 0 bridgehead atoms. The molecule has 4 aromatic rings. The van der Waals surface area contributed by atoms with Crippen molar-refractivity contribution >= 4 is 61.9 Å². The van der Waals surface area contributed by atoms with Gasteiger partial charge in [-0.25, -0.2) is 9.98 Å². The van der Waals surface area contributed by atoms with Gasteiger partial charge in [-0.1, -0.05) is 50.4 Å². The Labute approximate surface area is 260 Å². The number of carbonyl (C=O) groups excluding carboxylic acids is 1. The van der Waals surface area contributed by atoms with E-state index in [0.29, 0.717) is 17.5 Å². The van der Waals surface area contributed by atoms with Crippen LogP contribution in [0.25, 0.3) is 10.2 Å². The fourth-order valence-corrected chi connectivity index (χ4v) is 7.10. The molecule has 0 saturated carbocycles. The second kappa shape index (κ2) is 15.1. The Bertz CT molecular complexity index is 1570. The van der Waals surface area contributed by atoms with Gasteiger partial charge in [0, 0.05) is 58.4 Å². The maximum atomic E-state index is 11.7. The summed E-state index contributed by atoms with van der Waals surface area (Å²) < 4.78 is 7.27. The summed E-state index contributed by atoms with van der Waals surface area (Å²) in [6.45, 7) is 15.4. The van der Waals surface area contributed by atoms with Crippen LogP contribution in [0, 0.1) is 6.92 Å². The van der Waals surface area contributed by atoms with E-state index in [1.165, 1.54) is 4.88 Å². The minimum absolute atomic E-state index is 0.138. The van der Waals surface area contributed by atoms with Crippen molar-refractivity contribution in [1.82, 2.24) is 14.9 Å². The Morgan fingerprint density at radius 3 is 2.64 bits per heavy atom. The number of allylic oxidation sites excluding steroid dienone is 2. The summed E-state index contributed by atoms with van der Waals surface area (Å²) in [6.07, 6.45) is 5.42. The van der Waals surface area contributed by atoms with Crippen LogP contribution >= 0.6 is 34.4 Å². The summed E-state index contributed by atoms with van der Waals surface area (Å²) in [6, 6.07) is 13.8. The molecule has 1 aliphatic heterocycles. The number of pyridine rings is 1. The van der Waals surface area contributed by atoms with E-state index in [4.69, 9.17) is 14.7 Å². The van der Waals surface area contributed by atoms with Gasteiger partial charge in [0.1, 0.15) is 11.5 Å². The van der Waals surface area contributed by atoms with Gasteiger partial charge in [0.25, 0.3) is 0 Å². The Morgan fingerprint density at radius 1 is 1.19 bits per heavy atom. The van der Waals surface area contributed by atoms with E-state index in [-0.39, 0.29) is 5.91 Å². The average Bonchev–Trinajstić information content (AvgIpc) is 3.63. The fourth-order valence-electron chi connectivity index (χ4n) is 4.47. The van der Waals surface area contributed by atoms with Crippen LogP contribution in [0.1, 0.15) is 57.0 Å². The molecule has 1 fully saturated rings. The molecule has 0 atom stereocenters. The number of rotatable bonds is 9. The number of ether oxygens (including phenoxy) is 1. The van der Waals surface area contributed by atoms with Gasteiger partial charge in [0.15, 0.2) is 11.0 Å². The second-order valence-corrected chi connectivity index (χ2v) is 12.8. The molecule has 220 valence electrons. The number of nitrogens with one attached hydrogen (secondary N) is 1. The summed E-state index contributed by atoms with van der Waals surface area (Å²) >= 11 is 4.84. The number of carbonyl (C=O) groups is 1. The molecule has 1 amide bonds. The van der Waals surface area contributed by atoms with Crippen LogP contribution in [0.3, 0.4) is 0 Å². The first-order chi connectivity index (χ1) is 20.4. The molecule has 1 aromatic carbocycles. The Kier molecular flexibility index (Phi) is 11.3. The highest BCUT2D eigenvalue weighted by atomic mass is 32.2. The van der Waals surface area contributed by atoms with Gasteiger partial charge in [-0.15, -0.1) is 22.7 Å². The summed E-state index contributed by atoms with van der Waals surface area (Å²) in [5.74, 6) is 2.39. The second-order valence-electron chi connectivity index (χ2n) is 9.51. The number of likely N-dealkylation sites (tertiary alicyclic amines) is 1. The SMILES string of the molecule is C=C(/C=N\C(Nc1nc(C2CCN(C(C)=O)CC2)cs1)=C(/C)Oc1ccccc1)Sc1ccnc2cc(C)sc12.CC. The van der Waals surface area contributed by atoms with Gasteiger partial charge < -0.3 is 15.0 Å². The van der Waals surface area contributed by atoms with E-state index in [0.717, 1.165) is 62.5 Å². The zero-order valence-corrected chi connectivity index (χ0v) is 27.2. The normalized spacial score (nSPS) is 14.4. The molecule has 1 aliphatic rings. The number of thioether (sulfide) groups is 1. The molecule has 42 heavy (non-hydrogen) atoms. The number of nitrogens with zero attached hydrogens (tertiary/aromatic N) is 4. The van der Waals surface area contributed by atoms with Crippen LogP contribution in [-0.4, -0.2) is 40.1 Å². The van der Waals surface area contributed by atoms with Crippen molar-refractivity contribution in [2.24, 2.45) is 4.99 Å². The Hall–Kier alpha value is -3.47. The Balaban J connectivity index is 0.00000198. The third kappa shape index (κ3) is 8.30. The number of hydrogen-bond donors (Lipinski definition) is 1. The molecular formula is C32H37N5O2S3. The van der Waals surface area contributed by atoms with Gasteiger partial charge in [-0.05, 0) is 51.0 Å². The maximum absolute atomic E-state index is 11.7. The number of aliphatic imine (C=N–C) groups is 1. The largest absolute Gasteiger partial charge is 0.458 e. The monoisotopic (exact) mass is 619 g/mol. The number of hydrogen-bond acceptors (Lipinski definition) is 9. The van der Waals surface area contributed by atoms with Crippen LogP contribution in [-0.2, 0) is 4.79 Å². The predicted molar refractivity (Wildman–Crippen MR) is 179 cm³/mol. The lowest BCUT2D eigenvalue weighted by Crippen LogP contribution is -2.36. The number of thiazole rings is 1. The van der Waals surface area contributed by atoms with E-state index < -0.39 is 0 Å². The number of thiophene rings is 1. The number of amides is 1. The van der Waals surface area contributed by atoms with Crippen molar-refractivity contribution < 1.29 is 9.53 Å². The number of aromatic nitrogens is 2. The molecule has 0 aliphatic carbocycles. The van der Waals surface area contributed by atoms with Gasteiger partial charge in [-0.3, -0.25) is 9.78 Å². The van der Waals surface area contributed by atoms with Crippen LogP contribution in [0.15, 0.2) is 87.0 Å². The molecule has 0 radical (unpaired) electrons. The van der Waals surface area contributed by atoms with E-state index >= 15 is 0 Å². The number of fused-ring (bicyclic) bond motifs is 1. The van der Waals surface area contributed by atoms with Crippen molar-refractivity contribution in [2.45, 2.75) is 58.3 Å². The highest BCUT2D eigenvalue weighted by Crippen LogP contribution is 2.36. The molecule has 10 heteroatoms. The van der Waals surface area contributed by atoms with Crippen molar-refractivity contribution in [1.29, 1.82) is 0 Å². The first kappa shape index (κ1) is 31.5. The van der Waals surface area contributed by atoms with Crippen molar-refractivity contribution in [3.63, 3.8) is 0 Å².